The fraction of sp³-hybridized carbons (Fsp3) is 0.562. The SMILES string of the molecule is O=C(NCC1CNCC1O)c1cccc(C(=O)N2CCCC2)n1. The fourth-order valence-corrected chi connectivity index (χ4v) is 3.00. The molecule has 0 spiro atoms. The van der Waals surface area contributed by atoms with E-state index in [4.69, 9.17) is 0 Å². The Bertz CT molecular complexity index is 586. The number of pyridine rings is 1. The van der Waals surface area contributed by atoms with Gasteiger partial charge in [0.2, 0.25) is 0 Å². The molecule has 7 nitrogen and oxygen atoms in total. The van der Waals surface area contributed by atoms with Crippen LogP contribution in [0.3, 0.4) is 0 Å². The van der Waals surface area contributed by atoms with Gasteiger partial charge in [0.05, 0.1) is 6.10 Å². The molecule has 2 fully saturated rings. The van der Waals surface area contributed by atoms with Crippen molar-refractivity contribution < 1.29 is 14.7 Å². The zero-order chi connectivity index (χ0) is 16.2. The molecule has 3 N–H and O–H groups in total. The Morgan fingerprint density at radius 2 is 2.00 bits per heavy atom. The second-order valence-corrected chi connectivity index (χ2v) is 6.10. The normalized spacial score (nSPS) is 24.0. The highest BCUT2D eigenvalue weighted by Crippen LogP contribution is 2.12. The van der Waals surface area contributed by atoms with E-state index in [9.17, 15) is 14.7 Å². The van der Waals surface area contributed by atoms with Crippen molar-refractivity contribution in [3.05, 3.63) is 29.6 Å². The minimum absolute atomic E-state index is 0.00774. The van der Waals surface area contributed by atoms with Crippen molar-refractivity contribution in [2.24, 2.45) is 5.92 Å². The third-order valence-electron chi connectivity index (χ3n) is 4.42. The number of rotatable bonds is 4. The molecule has 124 valence electrons. The molecule has 2 atom stereocenters. The molecule has 1 aromatic heterocycles. The topological polar surface area (TPSA) is 94.6 Å². The Kier molecular flexibility index (Phi) is 4.88. The van der Waals surface area contributed by atoms with Gasteiger partial charge in [-0.1, -0.05) is 6.07 Å². The van der Waals surface area contributed by atoms with Crippen LogP contribution in [-0.2, 0) is 0 Å². The Hall–Kier alpha value is -1.99. The number of nitrogens with one attached hydrogen (secondary N) is 2. The molecule has 2 unspecified atom stereocenters. The van der Waals surface area contributed by atoms with E-state index >= 15 is 0 Å². The van der Waals surface area contributed by atoms with E-state index < -0.39 is 6.10 Å². The summed E-state index contributed by atoms with van der Waals surface area (Å²) >= 11 is 0. The van der Waals surface area contributed by atoms with Crippen LogP contribution < -0.4 is 10.6 Å². The van der Waals surface area contributed by atoms with Gasteiger partial charge in [0.15, 0.2) is 0 Å². The van der Waals surface area contributed by atoms with Crippen LogP contribution in [0.2, 0.25) is 0 Å². The zero-order valence-electron chi connectivity index (χ0n) is 13.0. The molecule has 1 aromatic rings. The number of nitrogens with zero attached hydrogens (tertiary/aromatic N) is 2. The molecule has 2 aliphatic rings. The molecule has 3 heterocycles. The average molecular weight is 318 g/mol. The first-order chi connectivity index (χ1) is 11.1. The van der Waals surface area contributed by atoms with Gasteiger partial charge in [-0.2, -0.15) is 0 Å². The molecule has 3 rings (SSSR count). The molecular formula is C16H22N4O3. The summed E-state index contributed by atoms with van der Waals surface area (Å²) in [4.78, 5) is 30.5. The van der Waals surface area contributed by atoms with Gasteiger partial charge >= 0.3 is 0 Å². The number of aliphatic hydroxyl groups excluding tert-OH is 1. The summed E-state index contributed by atoms with van der Waals surface area (Å²) < 4.78 is 0. The zero-order valence-corrected chi connectivity index (χ0v) is 13.0. The number of carbonyl (C=O) groups is 2. The minimum Gasteiger partial charge on any atom is -0.391 e. The quantitative estimate of drug-likeness (QED) is 0.704. The molecule has 0 aromatic carbocycles. The summed E-state index contributed by atoms with van der Waals surface area (Å²) in [6.07, 6.45) is 1.60. The lowest BCUT2D eigenvalue weighted by atomic mass is 10.1. The van der Waals surface area contributed by atoms with E-state index in [2.05, 4.69) is 15.6 Å². The maximum absolute atomic E-state index is 12.3. The molecule has 0 bridgehead atoms. The van der Waals surface area contributed by atoms with Crippen molar-refractivity contribution in [2.45, 2.75) is 18.9 Å². The van der Waals surface area contributed by atoms with E-state index in [-0.39, 0.29) is 23.4 Å². The fourth-order valence-electron chi connectivity index (χ4n) is 3.00. The summed E-state index contributed by atoms with van der Waals surface area (Å²) in [7, 11) is 0. The van der Waals surface area contributed by atoms with Gasteiger partial charge in [-0.05, 0) is 25.0 Å². The number of amides is 2. The summed E-state index contributed by atoms with van der Waals surface area (Å²) in [5.74, 6) is -0.430. The van der Waals surface area contributed by atoms with E-state index in [0.717, 1.165) is 25.9 Å². The second kappa shape index (κ2) is 7.06. The maximum atomic E-state index is 12.3. The van der Waals surface area contributed by atoms with E-state index in [1.807, 2.05) is 0 Å². The highest BCUT2D eigenvalue weighted by molar-refractivity contribution is 5.96. The Balaban J connectivity index is 1.62. The molecule has 7 heteroatoms. The number of β-amino-alcohol motifs (C(OH)–C–C–N with tert-alkyl or cyclic N) is 1. The van der Waals surface area contributed by atoms with Gasteiger partial charge in [0.25, 0.3) is 11.8 Å². The summed E-state index contributed by atoms with van der Waals surface area (Å²) in [6.45, 7) is 3.13. The van der Waals surface area contributed by atoms with Crippen LogP contribution in [0.1, 0.15) is 33.8 Å². The molecule has 2 saturated heterocycles. The first kappa shape index (κ1) is 15.9. The van der Waals surface area contributed by atoms with Crippen molar-refractivity contribution in [2.75, 3.05) is 32.7 Å². The van der Waals surface area contributed by atoms with Crippen molar-refractivity contribution in [1.82, 2.24) is 20.5 Å². The highest BCUT2D eigenvalue weighted by Gasteiger charge is 2.26. The van der Waals surface area contributed by atoms with Crippen LogP contribution >= 0.6 is 0 Å². The Morgan fingerprint density at radius 3 is 2.70 bits per heavy atom. The molecule has 23 heavy (non-hydrogen) atoms. The first-order valence-corrected chi connectivity index (χ1v) is 8.08. The number of aromatic nitrogens is 1. The highest BCUT2D eigenvalue weighted by atomic mass is 16.3. The van der Waals surface area contributed by atoms with Crippen LogP contribution in [0.4, 0.5) is 0 Å². The molecule has 0 radical (unpaired) electrons. The molecule has 0 saturated carbocycles. The standard InChI is InChI=1S/C16H22N4O3/c21-14-10-17-8-11(14)9-18-15(22)12-4-3-5-13(19-12)16(23)20-6-1-2-7-20/h3-5,11,14,17,21H,1-2,6-10H2,(H,18,22). The third kappa shape index (κ3) is 3.68. The lowest BCUT2D eigenvalue weighted by Gasteiger charge is -2.16. The van der Waals surface area contributed by atoms with Crippen LogP contribution in [0.25, 0.3) is 0 Å². The third-order valence-corrected chi connectivity index (χ3v) is 4.42. The lowest BCUT2D eigenvalue weighted by Crippen LogP contribution is -2.35. The van der Waals surface area contributed by atoms with E-state index in [1.165, 1.54) is 0 Å². The smallest absolute Gasteiger partial charge is 0.272 e. The van der Waals surface area contributed by atoms with Gasteiger partial charge in [-0.25, -0.2) is 4.98 Å². The summed E-state index contributed by atoms with van der Waals surface area (Å²) in [5, 5.41) is 15.6. The number of carbonyl (C=O) groups excluding carboxylic acids is 2. The van der Waals surface area contributed by atoms with Gasteiger partial charge in [-0.3, -0.25) is 9.59 Å². The van der Waals surface area contributed by atoms with E-state index in [0.29, 0.717) is 25.3 Å². The van der Waals surface area contributed by atoms with Gasteiger partial charge in [-0.15, -0.1) is 0 Å². The average Bonchev–Trinajstić information content (AvgIpc) is 3.24. The van der Waals surface area contributed by atoms with E-state index in [1.54, 1.807) is 23.1 Å². The summed E-state index contributed by atoms with van der Waals surface area (Å²) in [6, 6.07) is 4.92. The monoisotopic (exact) mass is 318 g/mol. The summed E-state index contributed by atoms with van der Waals surface area (Å²) in [5.41, 5.74) is 0.539. The maximum Gasteiger partial charge on any atom is 0.272 e. The number of likely N-dealkylation sites (tertiary alicyclic amines) is 1. The number of hydrogen-bond donors (Lipinski definition) is 3. The largest absolute Gasteiger partial charge is 0.391 e. The molecule has 2 aliphatic heterocycles. The molecule has 2 amide bonds. The predicted molar refractivity (Wildman–Crippen MR) is 84.1 cm³/mol. The van der Waals surface area contributed by atoms with Gasteiger partial charge in [0, 0.05) is 38.6 Å². The molecule has 0 aliphatic carbocycles. The molecular weight excluding hydrogens is 296 g/mol. The second-order valence-electron chi connectivity index (χ2n) is 6.10. The van der Waals surface area contributed by atoms with Crippen molar-refractivity contribution in [3.63, 3.8) is 0 Å². The predicted octanol–water partition coefficient (Wildman–Crippen LogP) is -0.372. The van der Waals surface area contributed by atoms with Crippen molar-refractivity contribution in [1.29, 1.82) is 0 Å². The Morgan fingerprint density at radius 1 is 1.26 bits per heavy atom. The van der Waals surface area contributed by atoms with Gasteiger partial charge < -0.3 is 20.6 Å². The van der Waals surface area contributed by atoms with Crippen LogP contribution in [0.15, 0.2) is 18.2 Å². The minimum atomic E-state index is -0.439. The first-order valence-electron chi connectivity index (χ1n) is 8.08. The lowest BCUT2D eigenvalue weighted by molar-refractivity contribution is 0.0787. The van der Waals surface area contributed by atoms with Crippen LogP contribution in [0, 0.1) is 5.92 Å². The van der Waals surface area contributed by atoms with Crippen LogP contribution in [-0.4, -0.2) is 65.6 Å². The number of aliphatic hydroxyl groups is 1. The number of hydrogen-bond acceptors (Lipinski definition) is 5. The Labute approximate surface area is 135 Å². The van der Waals surface area contributed by atoms with Crippen LogP contribution in [0.5, 0.6) is 0 Å². The van der Waals surface area contributed by atoms with Crippen molar-refractivity contribution in [3.8, 4) is 0 Å². The van der Waals surface area contributed by atoms with Gasteiger partial charge in [0.1, 0.15) is 11.4 Å². The van der Waals surface area contributed by atoms with Crippen molar-refractivity contribution >= 4 is 11.8 Å².